The summed E-state index contributed by atoms with van der Waals surface area (Å²) in [4.78, 5) is 14.9. The molecule has 104 valence electrons. The smallest absolute Gasteiger partial charge is 0.356 e. The standard InChI is InChI=1S/C15H14ClNO3/c1-8-6-9(2)10(3)12(7-8)20-13-5-4-11(16)14(17-13)15(18)19/h4-7H,1-3H3,(H,18,19). The van der Waals surface area contributed by atoms with E-state index in [1.165, 1.54) is 6.07 Å². The van der Waals surface area contributed by atoms with Crippen LogP contribution in [0.25, 0.3) is 0 Å². The zero-order valence-corrected chi connectivity index (χ0v) is 12.2. The first-order chi connectivity index (χ1) is 9.38. The van der Waals surface area contributed by atoms with E-state index in [9.17, 15) is 4.79 Å². The number of aromatic nitrogens is 1. The average molecular weight is 292 g/mol. The van der Waals surface area contributed by atoms with Gasteiger partial charge in [0, 0.05) is 6.07 Å². The number of hydrogen-bond acceptors (Lipinski definition) is 3. The molecule has 0 aliphatic rings. The molecular formula is C15H14ClNO3. The molecule has 2 aromatic rings. The van der Waals surface area contributed by atoms with E-state index < -0.39 is 5.97 Å². The van der Waals surface area contributed by atoms with Crippen molar-refractivity contribution in [1.29, 1.82) is 0 Å². The third-order valence-corrected chi connectivity index (χ3v) is 3.31. The van der Waals surface area contributed by atoms with Gasteiger partial charge in [0.2, 0.25) is 5.88 Å². The van der Waals surface area contributed by atoms with Crippen LogP contribution >= 0.6 is 11.6 Å². The number of nitrogens with zero attached hydrogens (tertiary/aromatic N) is 1. The van der Waals surface area contributed by atoms with E-state index in [0.717, 1.165) is 16.7 Å². The van der Waals surface area contributed by atoms with Crippen LogP contribution in [0.15, 0.2) is 24.3 Å². The normalized spacial score (nSPS) is 10.4. The van der Waals surface area contributed by atoms with E-state index in [1.807, 2.05) is 26.8 Å². The van der Waals surface area contributed by atoms with Gasteiger partial charge >= 0.3 is 5.97 Å². The number of halogens is 1. The SMILES string of the molecule is Cc1cc(C)c(C)c(Oc2ccc(Cl)c(C(=O)O)n2)c1. The van der Waals surface area contributed by atoms with Gasteiger partial charge in [0.1, 0.15) is 5.75 Å². The fourth-order valence-corrected chi connectivity index (χ4v) is 2.04. The lowest BCUT2D eigenvalue weighted by molar-refractivity contribution is 0.0690. The first-order valence-corrected chi connectivity index (χ1v) is 6.42. The Kier molecular flexibility index (Phi) is 3.95. The molecule has 1 aromatic heterocycles. The Morgan fingerprint density at radius 1 is 1.25 bits per heavy atom. The van der Waals surface area contributed by atoms with Crippen LogP contribution in [0.2, 0.25) is 5.02 Å². The lowest BCUT2D eigenvalue weighted by atomic mass is 10.1. The molecule has 0 bridgehead atoms. The number of hydrogen-bond donors (Lipinski definition) is 1. The van der Waals surface area contributed by atoms with Crippen LogP contribution in [0.5, 0.6) is 11.6 Å². The van der Waals surface area contributed by atoms with E-state index in [0.29, 0.717) is 5.75 Å². The molecule has 1 aromatic carbocycles. The van der Waals surface area contributed by atoms with Crippen LogP contribution in [0, 0.1) is 20.8 Å². The Morgan fingerprint density at radius 2 is 1.95 bits per heavy atom. The van der Waals surface area contributed by atoms with Gasteiger partial charge in [0.15, 0.2) is 5.69 Å². The van der Waals surface area contributed by atoms with Crippen molar-refractivity contribution in [1.82, 2.24) is 4.98 Å². The number of carboxylic acid groups (broad SMARTS) is 1. The Morgan fingerprint density at radius 3 is 2.60 bits per heavy atom. The van der Waals surface area contributed by atoms with Crippen LogP contribution < -0.4 is 4.74 Å². The van der Waals surface area contributed by atoms with E-state index in [4.69, 9.17) is 21.4 Å². The summed E-state index contributed by atoms with van der Waals surface area (Å²) in [5, 5.41) is 9.08. The Hall–Kier alpha value is -2.07. The van der Waals surface area contributed by atoms with Crippen LogP contribution in [-0.2, 0) is 0 Å². The second kappa shape index (κ2) is 5.51. The molecule has 1 N–H and O–H groups in total. The third kappa shape index (κ3) is 2.91. The zero-order valence-electron chi connectivity index (χ0n) is 11.4. The summed E-state index contributed by atoms with van der Waals surface area (Å²) in [6.07, 6.45) is 0. The summed E-state index contributed by atoms with van der Waals surface area (Å²) in [7, 11) is 0. The average Bonchev–Trinajstić information content (AvgIpc) is 2.37. The minimum Gasteiger partial charge on any atom is -0.476 e. The highest BCUT2D eigenvalue weighted by molar-refractivity contribution is 6.33. The van der Waals surface area contributed by atoms with E-state index >= 15 is 0 Å². The highest BCUT2D eigenvalue weighted by Gasteiger charge is 2.13. The second-order valence-corrected chi connectivity index (χ2v) is 5.00. The number of ether oxygens (including phenoxy) is 1. The maximum absolute atomic E-state index is 11.0. The fourth-order valence-electron chi connectivity index (χ4n) is 1.85. The first-order valence-electron chi connectivity index (χ1n) is 6.04. The molecule has 0 saturated carbocycles. The maximum Gasteiger partial charge on any atom is 0.356 e. The van der Waals surface area contributed by atoms with Gasteiger partial charge in [-0.05, 0) is 49.6 Å². The van der Waals surface area contributed by atoms with Gasteiger partial charge in [-0.25, -0.2) is 9.78 Å². The molecule has 5 heteroatoms. The van der Waals surface area contributed by atoms with Crippen molar-refractivity contribution in [3.05, 3.63) is 51.7 Å². The molecule has 0 unspecified atom stereocenters. The van der Waals surface area contributed by atoms with Crippen LogP contribution in [0.4, 0.5) is 0 Å². The molecule has 20 heavy (non-hydrogen) atoms. The summed E-state index contributed by atoms with van der Waals surface area (Å²) < 4.78 is 5.68. The van der Waals surface area contributed by atoms with Crippen LogP contribution in [0.1, 0.15) is 27.2 Å². The molecule has 0 aliphatic carbocycles. The predicted molar refractivity (Wildman–Crippen MR) is 76.9 cm³/mol. The number of benzene rings is 1. The lowest BCUT2D eigenvalue weighted by Gasteiger charge is -2.12. The summed E-state index contributed by atoms with van der Waals surface area (Å²) in [6, 6.07) is 6.95. The van der Waals surface area contributed by atoms with Gasteiger partial charge in [-0.2, -0.15) is 0 Å². The molecule has 0 radical (unpaired) electrons. The van der Waals surface area contributed by atoms with E-state index in [-0.39, 0.29) is 16.6 Å². The molecule has 2 rings (SSSR count). The predicted octanol–water partition coefficient (Wildman–Crippen LogP) is 4.15. The fraction of sp³-hybridized carbons (Fsp3) is 0.200. The summed E-state index contributed by atoms with van der Waals surface area (Å²) in [6.45, 7) is 5.91. The molecular weight excluding hydrogens is 278 g/mol. The van der Waals surface area contributed by atoms with Crippen LogP contribution in [0.3, 0.4) is 0 Å². The van der Waals surface area contributed by atoms with Crippen molar-refractivity contribution in [2.24, 2.45) is 0 Å². The first kappa shape index (κ1) is 14.3. The number of pyridine rings is 1. The Bertz CT molecular complexity index is 683. The summed E-state index contributed by atoms with van der Waals surface area (Å²) >= 11 is 5.78. The molecule has 0 fully saturated rings. The molecule has 0 spiro atoms. The highest BCUT2D eigenvalue weighted by Crippen LogP contribution is 2.28. The number of aromatic carboxylic acids is 1. The summed E-state index contributed by atoms with van der Waals surface area (Å²) in [5.74, 6) is -0.314. The second-order valence-electron chi connectivity index (χ2n) is 4.59. The molecule has 0 aliphatic heterocycles. The molecule has 4 nitrogen and oxygen atoms in total. The van der Waals surface area contributed by atoms with Gasteiger partial charge in [-0.3, -0.25) is 0 Å². The van der Waals surface area contributed by atoms with Gasteiger partial charge in [-0.1, -0.05) is 17.7 Å². The van der Waals surface area contributed by atoms with E-state index in [1.54, 1.807) is 6.07 Å². The molecule has 0 atom stereocenters. The minimum absolute atomic E-state index is 0.0852. The Balaban J connectivity index is 2.40. The van der Waals surface area contributed by atoms with Crippen molar-refractivity contribution in [2.75, 3.05) is 0 Å². The summed E-state index contributed by atoms with van der Waals surface area (Å²) in [5.41, 5.74) is 2.94. The molecule has 0 saturated heterocycles. The largest absolute Gasteiger partial charge is 0.476 e. The third-order valence-electron chi connectivity index (χ3n) is 3.00. The monoisotopic (exact) mass is 291 g/mol. The number of carboxylic acids is 1. The van der Waals surface area contributed by atoms with Crippen molar-refractivity contribution in [3.63, 3.8) is 0 Å². The van der Waals surface area contributed by atoms with Crippen molar-refractivity contribution < 1.29 is 14.6 Å². The van der Waals surface area contributed by atoms with Crippen LogP contribution in [-0.4, -0.2) is 16.1 Å². The molecule has 0 amide bonds. The van der Waals surface area contributed by atoms with E-state index in [2.05, 4.69) is 11.1 Å². The maximum atomic E-state index is 11.0. The van der Waals surface area contributed by atoms with Gasteiger partial charge in [0.25, 0.3) is 0 Å². The minimum atomic E-state index is -1.18. The van der Waals surface area contributed by atoms with Gasteiger partial charge < -0.3 is 9.84 Å². The molecule has 1 heterocycles. The zero-order chi connectivity index (χ0) is 14.9. The Labute approximate surface area is 122 Å². The van der Waals surface area contributed by atoms with Gasteiger partial charge in [0.05, 0.1) is 5.02 Å². The topological polar surface area (TPSA) is 59.4 Å². The van der Waals surface area contributed by atoms with Gasteiger partial charge in [-0.15, -0.1) is 0 Å². The highest BCUT2D eigenvalue weighted by atomic mass is 35.5. The lowest BCUT2D eigenvalue weighted by Crippen LogP contribution is -2.03. The van der Waals surface area contributed by atoms with Crippen molar-refractivity contribution in [2.45, 2.75) is 20.8 Å². The number of rotatable bonds is 3. The quantitative estimate of drug-likeness (QED) is 0.923. The van der Waals surface area contributed by atoms with Crippen molar-refractivity contribution in [3.8, 4) is 11.6 Å². The van der Waals surface area contributed by atoms with Crippen molar-refractivity contribution >= 4 is 17.6 Å². The number of carbonyl (C=O) groups is 1. The number of aryl methyl sites for hydroxylation is 2.